The van der Waals surface area contributed by atoms with Crippen LogP contribution in [-0.2, 0) is 9.53 Å². The minimum Gasteiger partial charge on any atom is -0.375 e. The normalized spacial score (nSPS) is 17.6. The van der Waals surface area contributed by atoms with E-state index in [1.165, 1.54) is 0 Å². The van der Waals surface area contributed by atoms with E-state index >= 15 is 0 Å². The van der Waals surface area contributed by atoms with Gasteiger partial charge in [0.2, 0.25) is 5.91 Å². The first-order valence-corrected chi connectivity index (χ1v) is 4.84. The Bertz CT molecular complexity index is 234. The van der Waals surface area contributed by atoms with Crippen molar-refractivity contribution in [3.05, 3.63) is 12.2 Å². The molecule has 1 rings (SSSR count). The fourth-order valence-corrected chi connectivity index (χ4v) is 1.02. The van der Waals surface area contributed by atoms with E-state index in [4.69, 9.17) is 10.5 Å². The highest BCUT2D eigenvalue weighted by molar-refractivity contribution is 5.88. The second kappa shape index (κ2) is 4.57. The minimum atomic E-state index is -0.575. The van der Waals surface area contributed by atoms with Crippen LogP contribution >= 0.6 is 0 Å². The molecule has 0 spiro atoms. The number of nitrogens with one attached hydrogen (secondary N) is 1. The van der Waals surface area contributed by atoms with Gasteiger partial charge in [0.1, 0.15) is 0 Å². The van der Waals surface area contributed by atoms with Crippen molar-refractivity contribution < 1.29 is 9.53 Å². The van der Waals surface area contributed by atoms with Gasteiger partial charge in [-0.3, -0.25) is 4.79 Å². The van der Waals surface area contributed by atoms with Gasteiger partial charge in [-0.15, -0.1) is 0 Å². The Labute approximate surface area is 84.5 Å². The van der Waals surface area contributed by atoms with Crippen LogP contribution in [0.2, 0.25) is 0 Å². The zero-order chi connectivity index (χ0) is 10.6. The molecule has 0 atom stereocenters. The van der Waals surface area contributed by atoms with Crippen molar-refractivity contribution in [2.45, 2.75) is 25.3 Å². The summed E-state index contributed by atoms with van der Waals surface area (Å²) >= 11 is 0. The summed E-state index contributed by atoms with van der Waals surface area (Å²) in [6.45, 7) is 7.18. The molecule has 1 fully saturated rings. The lowest BCUT2D eigenvalue weighted by Crippen LogP contribution is -2.43. The molecule has 0 aromatic heterocycles. The number of hydrogen-bond acceptors (Lipinski definition) is 3. The van der Waals surface area contributed by atoms with Gasteiger partial charge in [-0.1, -0.05) is 12.2 Å². The number of carbonyl (C=O) groups excluding carboxylic acids is 1. The van der Waals surface area contributed by atoms with Crippen LogP contribution < -0.4 is 11.1 Å². The first-order valence-electron chi connectivity index (χ1n) is 4.84. The van der Waals surface area contributed by atoms with E-state index in [1.807, 2.05) is 6.92 Å². The van der Waals surface area contributed by atoms with E-state index in [0.29, 0.717) is 19.8 Å². The van der Waals surface area contributed by atoms with Crippen LogP contribution in [-0.4, -0.2) is 31.2 Å². The molecular formula is C10H18N2O2. The Morgan fingerprint density at radius 3 is 2.79 bits per heavy atom. The van der Waals surface area contributed by atoms with E-state index in [-0.39, 0.29) is 5.91 Å². The smallest absolute Gasteiger partial charge is 0.240 e. The first kappa shape index (κ1) is 11.2. The summed E-state index contributed by atoms with van der Waals surface area (Å²) in [5.74, 6) is -0.0589. The monoisotopic (exact) mass is 198 g/mol. The van der Waals surface area contributed by atoms with Gasteiger partial charge in [-0.2, -0.15) is 0 Å². The molecule has 4 nitrogen and oxygen atoms in total. The Morgan fingerprint density at radius 2 is 2.29 bits per heavy atom. The molecule has 14 heavy (non-hydrogen) atoms. The zero-order valence-electron chi connectivity index (χ0n) is 8.64. The van der Waals surface area contributed by atoms with Gasteiger partial charge in [-0.05, 0) is 19.8 Å². The Hall–Kier alpha value is -0.870. The van der Waals surface area contributed by atoms with E-state index < -0.39 is 5.54 Å². The summed E-state index contributed by atoms with van der Waals surface area (Å²) in [6, 6.07) is 0. The average molecular weight is 198 g/mol. The van der Waals surface area contributed by atoms with Crippen molar-refractivity contribution in [3.63, 3.8) is 0 Å². The van der Waals surface area contributed by atoms with E-state index in [0.717, 1.165) is 18.4 Å². The van der Waals surface area contributed by atoms with Crippen molar-refractivity contribution in [1.29, 1.82) is 0 Å². The van der Waals surface area contributed by atoms with E-state index in [1.54, 1.807) is 0 Å². The third kappa shape index (κ3) is 3.47. The molecule has 0 aliphatic heterocycles. The van der Waals surface area contributed by atoms with Crippen LogP contribution in [0.3, 0.4) is 0 Å². The molecule has 0 heterocycles. The lowest BCUT2D eigenvalue weighted by atomic mass is 10.3. The molecule has 0 bridgehead atoms. The van der Waals surface area contributed by atoms with Crippen molar-refractivity contribution in [2.75, 3.05) is 19.8 Å². The Morgan fingerprint density at radius 1 is 1.64 bits per heavy atom. The number of carbonyl (C=O) groups is 1. The van der Waals surface area contributed by atoms with Crippen molar-refractivity contribution in [1.82, 2.24) is 5.32 Å². The van der Waals surface area contributed by atoms with E-state index in [2.05, 4.69) is 11.9 Å². The molecule has 80 valence electrons. The van der Waals surface area contributed by atoms with Crippen LogP contribution in [0.15, 0.2) is 12.2 Å². The van der Waals surface area contributed by atoms with Crippen molar-refractivity contribution in [3.8, 4) is 0 Å². The van der Waals surface area contributed by atoms with Gasteiger partial charge in [0.25, 0.3) is 0 Å². The second-order valence-electron chi connectivity index (χ2n) is 3.92. The van der Waals surface area contributed by atoms with Crippen LogP contribution in [0.25, 0.3) is 0 Å². The number of ether oxygens (including phenoxy) is 1. The van der Waals surface area contributed by atoms with Gasteiger partial charge in [-0.25, -0.2) is 0 Å². The topological polar surface area (TPSA) is 64.3 Å². The summed E-state index contributed by atoms with van der Waals surface area (Å²) in [6.07, 6.45) is 1.59. The molecule has 0 unspecified atom stereocenters. The van der Waals surface area contributed by atoms with Crippen molar-refractivity contribution >= 4 is 5.91 Å². The van der Waals surface area contributed by atoms with E-state index in [9.17, 15) is 4.79 Å². The number of rotatable bonds is 6. The largest absolute Gasteiger partial charge is 0.375 e. The quantitative estimate of drug-likeness (QED) is 0.473. The molecule has 3 N–H and O–H groups in total. The maximum Gasteiger partial charge on any atom is 0.240 e. The highest BCUT2D eigenvalue weighted by Gasteiger charge is 2.45. The predicted octanol–water partition coefficient (Wildman–Crippen LogP) is 0.187. The maximum absolute atomic E-state index is 11.3. The molecule has 0 radical (unpaired) electrons. The lowest BCUT2D eigenvalue weighted by molar-refractivity contribution is -0.123. The van der Waals surface area contributed by atoms with Crippen LogP contribution in [0.4, 0.5) is 0 Å². The molecule has 4 heteroatoms. The highest BCUT2D eigenvalue weighted by atomic mass is 16.5. The minimum absolute atomic E-state index is 0.0589. The third-order valence-electron chi connectivity index (χ3n) is 2.12. The van der Waals surface area contributed by atoms with Crippen LogP contribution in [0, 0.1) is 0 Å². The molecule has 0 aromatic rings. The molecular weight excluding hydrogens is 180 g/mol. The molecule has 1 saturated carbocycles. The fraction of sp³-hybridized carbons (Fsp3) is 0.700. The lowest BCUT2D eigenvalue weighted by Gasteiger charge is -2.10. The summed E-state index contributed by atoms with van der Waals surface area (Å²) < 4.78 is 5.22. The summed E-state index contributed by atoms with van der Waals surface area (Å²) in [4.78, 5) is 11.3. The van der Waals surface area contributed by atoms with Gasteiger partial charge < -0.3 is 15.8 Å². The number of nitrogens with two attached hydrogens (primary N) is 1. The summed E-state index contributed by atoms with van der Waals surface area (Å²) in [7, 11) is 0. The number of hydrogen-bond donors (Lipinski definition) is 2. The second-order valence-corrected chi connectivity index (χ2v) is 3.92. The zero-order valence-corrected chi connectivity index (χ0v) is 8.64. The molecule has 0 saturated heterocycles. The summed E-state index contributed by atoms with van der Waals surface area (Å²) in [5, 5.41) is 2.74. The molecule has 1 aliphatic rings. The molecule has 0 aromatic carbocycles. The maximum atomic E-state index is 11.3. The predicted molar refractivity (Wildman–Crippen MR) is 54.8 cm³/mol. The van der Waals surface area contributed by atoms with Crippen molar-refractivity contribution in [2.24, 2.45) is 5.73 Å². The Balaban J connectivity index is 1.99. The molecule has 1 aliphatic carbocycles. The SMILES string of the molecule is C=C(C)COCCNC(=O)C1(N)CC1. The Kier molecular flexibility index (Phi) is 3.66. The average Bonchev–Trinajstić information content (AvgIpc) is 2.83. The highest BCUT2D eigenvalue weighted by Crippen LogP contribution is 2.31. The first-order chi connectivity index (χ1) is 6.54. The summed E-state index contributed by atoms with van der Waals surface area (Å²) in [5.41, 5.74) is 6.09. The molecule has 1 amide bonds. The van der Waals surface area contributed by atoms with Crippen LogP contribution in [0.1, 0.15) is 19.8 Å². The number of amides is 1. The standard InChI is InChI=1S/C10H18N2O2/c1-8(2)7-14-6-5-12-9(13)10(11)3-4-10/h1,3-7,11H2,2H3,(H,12,13). The van der Waals surface area contributed by atoms with Gasteiger partial charge in [0, 0.05) is 6.54 Å². The van der Waals surface area contributed by atoms with Gasteiger partial charge in [0.05, 0.1) is 18.8 Å². The third-order valence-corrected chi connectivity index (χ3v) is 2.12. The van der Waals surface area contributed by atoms with Gasteiger partial charge >= 0.3 is 0 Å². The van der Waals surface area contributed by atoms with Gasteiger partial charge in [0.15, 0.2) is 0 Å². The van der Waals surface area contributed by atoms with Crippen LogP contribution in [0.5, 0.6) is 0 Å². The fourth-order valence-electron chi connectivity index (χ4n) is 1.02.